The van der Waals surface area contributed by atoms with Gasteiger partial charge in [-0.15, -0.1) is 0 Å². The number of rotatable bonds is 6. The van der Waals surface area contributed by atoms with Gasteiger partial charge < -0.3 is 15.3 Å². The standard InChI is InChI=1S/C13H19FN2O4/c14-13(12(19)20)5-7-16(8-13)10(17)2-1-6-15-11(18)9-3-4-9/h9H,1-8H2,(H,15,18)(H,19,20). The SMILES string of the molecule is O=C(NCCCC(=O)N1CCC(F)(C(=O)O)C1)C1CC1. The molecule has 20 heavy (non-hydrogen) atoms. The van der Waals surface area contributed by atoms with E-state index in [0.717, 1.165) is 12.8 Å². The molecule has 2 N–H and O–H groups in total. The Morgan fingerprint density at radius 2 is 2.05 bits per heavy atom. The molecule has 0 aromatic carbocycles. The number of nitrogens with zero attached hydrogens (tertiary/aromatic N) is 1. The molecule has 0 spiro atoms. The van der Waals surface area contributed by atoms with Gasteiger partial charge in [0.2, 0.25) is 17.5 Å². The molecule has 112 valence electrons. The number of carbonyl (C=O) groups excluding carboxylic acids is 2. The molecule has 1 unspecified atom stereocenters. The monoisotopic (exact) mass is 286 g/mol. The molecule has 6 nitrogen and oxygen atoms in total. The minimum Gasteiger partial charge on any atom is -0.479 e. The van der Waals surface area contributed by atoms with Gasteiger partial charge in [-0.3, -0.25) is 9.59 Å². The zero-order valence-corrected chi connectivity index (χ0v) is 11.2. The maximum Gasteiger partial charge on any atom is 0.343 e. The average molecular weight is 286 g/mol. The van der Waals surface area contributed by atoms with Gasteiger partial charge >= 0.3 is 5.97 Å². The van der Waals surface area contributed by atoms with E-state index in [9.17, 15) is 18.8 Å². The number of aliphatic carboxylic acids is 1. The smallest absolute Gasteiger partial charge is 0.343 e. The van der Waals surface area contributed by atoms with Crippen molar-refractivity contribution in [3.8, 4) is 0 Å². The summed E-state index contributed by atoms with van der Waals surface area (Å²) >= 11 is 0. The number of likely N-dealkylation sites (tertiary alicyclic amines) is 1. The number of hydrogen-bond donors (Lipinski definition) is 2. The lowest BCUT2D eigenvalue weighted by atomic mass is 10.1. The number of halogens is 1. The summed E-state index contributed by atoms with van der Waals surface area (Å²) in [7, 11) is 0. The van der Waals surface area contributed by atoms with E-state index < -0.39 is 11.6 Å². The Balaban J connectivity index is 1.65. The van der Waals surface area contributed by atoms with Crippen molar-refractivity contribution in [2.24, 2.45) is 5.92 Å². The van der Waals surface area contributed by atoms with Gasteiger partial charge in [0.1, 0.15) is 0 Å². The first kappa shape index (κ1) is 14.7. The highest BCUT2D eigenvalue weighted by Gasteiger charge is 2.46. The highest BCUT2D eigenvalue weighted by Crippen LogP contribution is 2.28. The number of alkyl halides is 1. The lowest BCUT2D eigenvalue weighted by Crippen LogP contribution is -2.39. The molecule has 0 radical (unpaired) electrons. The van der Waals surface area contributed by atoms with Crippen LogP contribution in [0.5, 0.6) is 0 Å². The molecule has 2 fully saturated rings. The molecule has 1 atom stereocenters. The molecule has 1 heterocycles. The van der Waals surface area contributed by atoms with Gasteiger partial charge in [0.05, 0.1) is 6.54 Å². The summed E-state index contributed by atoms with van der Waals surface area (Å²) in [4.78, 5) is 35.1. The largest absolute Gasteiger partial charge is 0.479 e. The average Bonchev–Trinajstić information content (AvgIpc) is 3.17. The van der Waals surface area contributed by atoms with Crippen LogP contribution in [-0.4, -0.2) is 53.1 Å². The van der Waals surface area contributed by atoms with Crippen LogP contribution in [0.15, 0.2) is 0 Å². The number of nitrogens with one attached hydrogen (secondary N) is 1. The fourth-order valence-corrected chi connectivity index (χ4v) is 2.26. The fraction of sp³-hybridized carbons (Fsp3) is 0.769. The Bertz CT molecular complexity index is 425. The Labute approximate surface area is 116 Å². The van der Waals surface area contributed by atoms with Crippen LogP contribution < -0.4 is 5.32 Å². The topological polar surface area (TPSA) is 86.7 Å². The normalized spacial score (nSPS) is 25.6. The van der Waals surface area contributed by atoms with Crippen molar-refractivity contribution in [2.45, 2.75) is 37.8 Å². The Kier molecular flexibility index (Phi) is 4.25. The molecule has 1 saturated heterocycles. The fourth-order valence-electron chi connectivity index (χ4n) is 2.26. The summed E-state index contributed by atoms with van der Waals surface area (Å²) in [5.74, 6) is -1.59. The first-order valence-corrected chi connectivity index (χ1v) is 6.90. The van der Waals surface area contributed by atoms with Gasteiger partial charge in [0.25, 0.3) is 0 Å². The zero-order chi connectivity index (χ0) is 14.8. The second-order valence-electron chi connectivity index (χ2n) is 5.50. The lowest BCUT2D eigenvalue weighted by Gasteiger charge is -2.17. The van der Waals surface area contributed by atoms with Crippen LogP contribution in [0.25, 0.3) is 0 Å². The highest BCUT2D eigenvalue weighted by atomic mass is 19.1. The van der Waals surface area contributed by atoms with E-state index in [1.165, 1.54) is 4.90 Å². The first-order valence-electron chi connectivity index (χ1n) is 6.90. The van der Waals surface area contributed by atoms with E-state index >= 15 is 0 Å². The highest BCUT2D eigenvalue weighted by molar-refractivity contribution is 5.82. The summed E-state index contributed by atoms with van der Waals surface area (Å²) in [6.07, 6.45) is 2.39. The Hall–Kier alpha value is -1.66. The van der Waals surface area contributed by atoms with Crippen LogP contribution in [0.2, 0.25) is 0 Å². The molecule has 1 aliphatic heterocycles. The summed E-state index contributed by atoms with van der Waals surface area (Å²) < 4.78 is 13.8. The third-order valence-electron chi connectivity index (χ3n) is 3.77. The van der Waals surface area contributed by atoms with E-state index in [0.29, 0.717) is 13.0 Å². The molecule has 7 heteroatoms. The van der Waals surface area contributed by atoms with Crippen molar-refractivity contribution in [3.63, 3.8) is 0 Å². The summed E-state index contributed by atoms with van der Waals surface area (Å²) in [5.41, 5.74) is -2.31. The van der Waals surface area contributed by atoms with Crippen molar-refractivity contribution in [1.82, 2.24) is 10.2 Å². The van der Waals surface area contributed by atoms with Crippen LogP contribution >= 0.6 is 0 Å². The molecular formula is C13H19FN2O4. The molecule has 0 aromatic heterocycles. The number of carboxylic acids is 1. The maximum atomic E-state index is 13.8. The number of hydrogen-bond acceptors (Lipinski definition) is 3. The maximum absolute atomic E-state index is 13.8. The second kappa shape index (κ2) is 5.76. The number of amides is 2. The van der Waals surface area contributed by atoms with Gasteiger partial charge in [-0.25, -0.2) is 9.18 Å². The van der Waals surface area contributed by atoms with E-state index in [2.05, 4.69) is 5.32 Å². The van der Waals surface area contributed by atoms with Crippen LogP contribution in [0.4, 0.5) is 4.39 Å². The van der Waals surface area contributed by atoms with E-state index in [1.54, 1.807) is 0 Å². The van der Waals surface area contributed by atoms with Gasteiger partial charge in [0.15, 0.2) is 0 Å². The second-order valence-corrected chi connectivity index (χ2v) is 5.50. The third-order valence-corrected chi connectivity index (χ3v) is 3.77. The third kappa shape index (κ3) is 3.46. The van der Waals surface area contributed by atoms with Crippen LogP contribution in [-0.2, 0) is 14.4 Å². The quantitative estimate of drug-likeness (QED) is 0.688. The summed E-state index contributed by atoms with van der Waals surface area (Å²) in [5, 5.41) is 11.5. The van der Waals surface area contributed by atoms with Gasteiger partial charge in [-0.1, -0.05) is 0 Å². The molecule has 2 rings (SSSR count). The Morgan fingerprint density at radius 1 is 1.35 bits per heavy atom. The zero-order valence-electron chi connectivity index (χ0n) is 11.2. The van der Waals surface area contributed by atoms with Crippen molar-refractivity contribution in [2.75, 3.05) is 19.6 Å². The number of carbonyl (C=O) groups is 3. The van der Waals surface area contributed by atoms with E-state index in [1.807, 2.05) is 0 Å². The predicted molar refractivity (Wildman–Crippen MR) is 67.6 cm³/mol. The van der Waals surface area contributed by atoms with Crippen molar-refractivity contribution < 1.29 is 23.9 Å². The van der Waals surface area contributed by atoms with Crippen molar-refractivity contribution in [3.05, 3.63) is 0 Å². The molecular weight excluding hydrogens is 267 g/mol. The van der Waals surface area contributed by atoms with E-state index in [4.69, 9.17) is 5.11 Å². The van der Waals surface area contributed by atoms with Gasteiger partial charge in [-0.05, 0) is 19.3 Å². The molecule has 2 aliphatic rings. The van der Waals surface area contributed by atoms with Crippen LogP contribution in [0, 0.1) is 5.92 Å². The minimum absolute atomic E-state index is 0.0345. The van der Waals surface area contributed by atoms with E-state index in [-0.39, 0.29) is 43.7 Å². The predicted octanol–water partition coefficient (Wildman–Crippen LogP) is 0.318. The van der Waals surface area contributed by atoms with Crippen LogP contribution in [0.1, 0.15) is 32.1 Å². The number of carboxylic acid groups (broad SMARTS) is 1. The first-order chi connectivity index (χ1) is 9.42. The van der Waals surface area contributed by atoms with Crippen molar-refractivity contribution in [1.29, 1.82) is 0 Å². The van der Waals surface area contributed by atoms with Gasteiger partial charge in [-0.2, -0.15) is 0 Å². The molecule has 1 aliphatic carbocycles. The molecule has 0 aromatic rings. The molecule has 1 saturated carbocycles. The van der Waals surface area contributed by atoms with Crippen molar-refractivity contribution >= 4 is 17.8 Å². The molecule has 2 amide bonds. The van der Waals surface area contributed by atoms with Crippen LogP contribution in [0.3, 0.4) is 0 Å². The Morgan fingerprint density at radius 3 is 2.60 bits per heavy atom. The summed E-state index contributed by atoms with van der Waals surface area (Å²) in [6.45, 7) is 0.181. The molecule has 0 bridgehead atoms. The summed E-state index contributed by atoms with van der Waals surface area (Å²) in [6, 6.07) is 0. The van der Waals surface area contributed by atoms with Gasteiger partial charge in [0, 0.05) is 31.8 Å². The lowest BCUT2D eigenvalue weighted by molar-refractivity contribution is -0.150. The minimum atomic E-state index is -2.31.